The molecule has 0 fully saturated rings. The molecule has 0 saturated heterocycles. The maximum atomic E-state index is 5.58. The van der Waals surface area contributed by atoms with Crippen molar-refractivity contribution < 1.29 is 0 Å². The third kappa shape index (κ3) is 11.1. The molecule has 10 rings (SSSR count). The summed E-state index contributed by atoms with van der Waals surface area (Å²) in [6.45, 7) is 36.5. The second-order valence-electron chi connectivity index (χ2n) is 21.8. The van der Waals surface area contributed by atoms with Gasteiger partial charge in [0.25, 0.3) is 0 Å². The minimum Gasteiger partial charge on any atom is -0.355 e. The van der Waals surface area contributed by atoms with Crippen LogP contribution in [-0.4, -0.2) is 39.9 Å². The maximum Gasteiger partial charge on any atom is 0.0725 e. The van der Waals surface area contributed by atoms with E-state index in [4.69, 9.17) is 19.9 Å². The van der Waals surface area contributed by atoms with Gasteiger partial charge in [0.1, 0.15) is 0 Å². The average molecular weight is 1140 g/mol. The Kier molecular flexibility index (Phi) is 21.2. The molecule has 6 aromatic heterocycles. The summed E-state index contributed by atoms with van der Waals surface area (Å²) in [4.78, 5) is 36.8. The number of aromatic nitrogens is 8. The van der Waals surface area contributed by atoms with E-state index in [2.05, 4.69) is 179 Å². The lowest BCUT2D eigenvalue weighted by atomic mass is 9.93. The molecule has 0 aliphatic carbocycles. The van der Waals surface area contributed by atoms with Gasteiger partial charge in [0.15, 0.2) is 0 Å². The third-order valence-electron chi connectivity index (χ3n) is 17.9. The Morgan fingerprint density at radius 2 is 0.415 bits per heavy atom. The second kappa shape index (κ2) is 27.4. The molecule has 0 atom stereocenters. The SMILES string of the molecule is CCC1=C(CC)c2nc1c(CC)c1[nH]c(cc3nc(cc4[nH]c(c2CC)c(CC)c4CC)C=C3)c(CC)c1CC.CCC1=C(CC)c2nc1c(CC)c1[nH]c(cc3nc(cc4[nH]c(c2CC)c(CC)c4CC)C=C3)c(CC)c1CC.Cl.Cl. The molecule has 10 heteroatoms. The molecule has 0 amide bonds. The number of nitrogens with zero attached hydrogens (tertiary/aromatic N) is 4. The lowest BCUT2D eigenvalue weighted by Gasteiger charge is -2.09. The summed E-state index contributed by atoms with van der Waals surface area (Å²) in [5.41, 5.74) is 40.9. The lowest BCUT2D eigenvalue weighted by Crippen LogP contribution is -1.95. The molecule has 82 heavy (non-hydrogen) atoms. The highest BCUT2D eigenvalue weighted by molar-refractivity contribution is 5.98. The van der Waals surface area contributed by atoms with Crippen molar-refractivity contribution >= 4 is 116 Å². The molecular formula is C72H94Cl2N8. The Morgan fingerprint density at radius 1 is 0.232 bits per heavy atom. The molecule has 0 unspecified atom stereocenters. The third-order valence-corrected chi connectivity index (χ3v) is 17.9. The smallest absolute Gasteiger partial charge is 0.0725 e. The Balaban J connectivity index is 0.000000230. The average Bonchev–Trinajstić information content (AvgIpc) is 4.42. The topological polar surface area (TPSA) is 115 Å². The van der Waals surface area contributed by atoms with Gasteiger partial charge in [0, 0.05) is 66.4 Å². The molecule has 0 spiro atoms. The Bertz CT molecular complexity index is 3370. The van der Waals surface area contributed by atoms with Gasteiger partial charge in [-0.2, -0.15) is 0 Å². The Morgan fingerprint density at radius 3 is 0.573 bits per heavy atom. The monoisotopic (exact) mass is 1140 g/mol. The number of nitrogens with one attached hydrogen (secondary N) is 4. The molecule has 4 aliphatic heterocycles. The first kappa shape index (κ1) is 63.4. The number of hydrogen-bond acceptors (Lipinski definition) is 4. The molecule has 16 bridgehead atoms. The molecular weight excluding hydrogens is 1050 g/mol. The van der Waals surface area contributed by atoms with Gasteiger partial charge < -0.3 is 19.9 Å². The fraction of sp³-hybridized carbons (Fsp3) is 0.444. The minimum atomic E-state index is 0. The molecule has 0 saturated carbocycles. The number of rotatable bonds is 16. The van der Waals surface area contributed by atoms with E-state index in [9.17, 15) is 0 Å². The van der Waals surface area contributed by atoms with Crippen molar-refractivity contribution in [3.8, 4) is 0 Å². The predicted octanol–water partition coefficient (Wildman–Crippen LogP) is 20.0. The molecule has 4 N–H and O–H groups in total. The first-order valence-electron chi connectivity index (χ1n) is 31.4. The number of allylic oxidation sites excluding steroid dienone is 4. The summed E-state index contributed by atoms with van der Waals surface area (Å²) < 4.78 is 0. The summed E-state index contributed by atoms with van der Waals surface area (Å²) in [6, 6.07) is 8.95. The van der Waals surface area contributed by atoms with E-state index in [1.54, 1.807) is 0 Å². The number of aromatic amines is 4. The first-order valence-corrected chi connectivity index (χ1v) is 31.4. The first-order chi connectivity index (χ1) is 38.9. The summed E-state index contributed by atoms with van der Waals surface area (Å²) in [5.74, 6) is 0. The van der Waals surface area contributed by atoms with Crippen LogP contribution in [0.5, 0.6) is 0 Å². The van der Waals surface area contributed by atoms with Gasteiger partial charge in [-0.15, -0.1) is 24.8 Å². The van der Waals surface area contributed by atoms with E-state index in [0.29, 0.717) is 0 Å². The van der Waals surface area contributed by atoms with Gasteiger partial charge in [0.2, 0.25) is 0 Å². The standard InChI is InChI=1S/2C36H46N4.2ClH/c2*1-9-23-25(11-3)33-29(15-7)35-27(13-5)28(14-6)36(40-35)30(16-8)34-26(12-4)24(10-2)32(39-34)20-22-18-17-21(37-22)19-31(23)38-33;;/h2*17-20,38-39H,9-16H2,1-8H3;2*1H. The molecule has 4 aliphatic rings. The number of hydrogen-bond donors (Lipinski definition) is 4. The van der Waals surface area contributed by atoms with Crippen molar-refractivity contribution in [1.82, 2.24) is 39.9 Å². The molecule has 436 valence electrons. The van der Waals surface area contributed by atoms with Crippen LogP contribution in [0.25, 0.3) is 90.7 Å². The minimum absolute atomic E-state index is 0. The number of fused-ring (bicyclic) bond motifs is 16. The van der Waals surface area contributed by atoms with E-state index < -0.39 is 0 Å². The van der Waals surface area contributed by atoms with E-state index >= 15 is 0 Å². The van der Waals surface area contributed by atoms with E-state index in [0.717, 1.165) is 126 Å². The molecule has 0 radical (unpaired) electrons. The van der Waals surface area contributed by atoms with Crippen LogP contribution in [0.2, 0.25) is 0 Å². The van der Waals surface area contributed by atoms with Crippen LogP contribution in [0.3, 0.4) is 0 Å². The highest BCUT2D eigenvalue weighted by Gasteiger charge is 2.28. The molecule has 8 nitrogen and oxygen atoms in total. The fourth-order valence-corrected chi connectivity index (χ4v) is 14.2. The molecule has 10 heterocycles. The van der Waals surface area contributed by atoms with Crippen molar-refractivity contribution in [3.05, 3.63) is 137 Å². The van der Waals surface area contributed by atoms with Crippen LogP contribution >= 0.6 is 24.8 Å². The summed E-state index contributed by atoms with van der Waals surface area (Å²) in [5, 5.41) is 0. The Labute approximate surface area is 502 Å². The second-order valence-corrected chi connectivity index (χ2v) is 21.8. The summed E-state index contributed by atoms with van der Waals surface area (Å²) >= 11 is 0. The van der Waals surface area contributed by atoms with Crippen LogP contribution in [0, 0.1) is 0 Å². The maximum absolute atomic E-state index is 5.58. The van der Waals surface area contributed by atoms with Crippen LogP contribution in [0.15, 0.2) is 24.3 Å². The van der Waals surface area contributed by atoms with E-state index in [1.165, 1.54) is 156 Å². The highest BCUT2D eigenvalue weighted by Crippen LogP contribution is 2.43. The van der Waals surface area contributed by atoms with Crippen molar-refractivity contribution in [2.24, 2.45) is 0 Å². The van der Waals surface area contributed by atoms with Crippen molar-refractivity contribution in [1.29, 1.82) is 0 Å². The van der Waals surface area contributed by atoms with Crippen LogP contribution in [-0.2, 0) is 77.0 Å². The largest absolute Gasteiger partial charge is 0.355 e. The highest BCUT2D eigenvalue weighted by atomic mass is 35.5. The lowest BCUT2D eigenvalue weighted by molar-refractivity contribution is 1.04. The zero-order valence-electron chi connectivity index (χ0n) is 52.5. The van der Waals surface area contributed by atoms with Crippen LogP contribution in [0.1, 0.15) is 249 Å². The van der Waals surface area contributed by atoms with E-state index in [1.807, 2.05) is 0 Å². The zero-order chi connectivity index (χ0) is 57.1. The van der Waals surface area contributed by atoms with Crippen LogP contribution in [0.4, 0.5) is 0 Å². The van der Waals surface area contributed by atoms with Gasteiger partial charge in [-0.1, -0.05) is 111 Å². The number of halogens is 2. The van der Waals surface area contributed by atoms with Gasteiger partial charge in [0.05, 0.1) is 45.6 Å². The Hall–Kier alpha value is -6.22. The van der Waals surface area contributed by atoms with Gasteiger partial charge in [-0.3, -0.25) is 0 Å². The van der Waals surface area contributed by atoms with Crippen molar-refractivity contribution in [2.45, 2.75) is 214 Å². The van der Waals surface area contributed by atoms with E-state index in [-0.39, 0.29) is 24.8 Å². The van der Waals surface area contributed by atoms with Crippen molar-refractivity contribution in [3.63, 3.8) is 0 Å². The summed E-state index contributed by atoms with van der Waals surface area (Å²) in [7, 11) is 0. The molecule has 0 aromatic carbocycles. The predicted molar refractivity (Wildman–Crippen MR) is 362 cm³/mol. The zero-order valence-corrected chi connectivity index (χ0v) is 54.2. The number of H-pyrrole nitrogens is 4. The van der Waals surface area contributed by atoms with Gasteiger partial charge in [-0.25, -0.2) is 19.9 Å². The van der Waals surface area contributed by atoms with Gasteiger partial charge >= 0.3 is 0 Å². The van der Waals surface area contributed by atoms with Crippen molar-refractivity contribution in [2.75, 3.05) is 0 Å². The number of aryl methyl sites for hydroxylation is 12. The summed E-state index contributed by atoms with van der Waals surface area (Å²) in [6.07, 6.45) is 24.2. The normalized spacial score (nSPS) is 12.8. The fourth-order valence-electron chi connectivity index (χ4n) is 14.2. The van der Waals surface area contributed by atoms with Gasteiger partial charge in [-0.05, 0) is 218 Å². The quantitative estimate of drug-likeness (QED) is 0.0771. The van der Waals surface area contributed by atoms with Crippen LogP contribution < -0.4 is 0 Å². The molecule has 6 aromatic rings.